The van der Waals surface area contributed by atoms with Gasteiger partial charge in [-0.15, -0.1) is 0 Å². The zero-order chi connectivity index (χ0) is 10.3. The fraction of sp³-hybridized carbons (Fsp3) is 0.833. The van der Waals surface area contributed by atoms with Crippen molar-refractivity contribution < 1.29 is 0 Å². The highest BCUT2D eigenvalue weighted by Gasteiger charge is 2.01. The molecule has 0 aliphatic heterocycles. The van der Waals surface area contributed by atoms with Gasteiger partial charge in [0.05, 0.1) is 0 Å². The molecule has 0 rings (SSSR count). The van der Waals surface area contributed by atoms with Crippen LogP contribution in [0.15, 0.2) is 12.3 Å². The molecule has 0 aromatic carbocycles. The Hall–Kier alpha value is -0.460. The third-order valence-electron chi connectivity index (χ3n) is 2.35. The van der Waals surface area contributed by atoms with Gasteiger partial charge in [0.25, 0.3) is 0 Å². The standard InChI is InChI=1S/C12H25N/c1-6-8-12(4)13(5)10-7-9-11(2)3/h11H,4,6-10H2,1-3,5H3. The summed E-state index contributed by atoms with van der Waals surface area (Å²) >= 11 is 0. The van der Waals surface area contributed by atoms with E-state index < -0.39 is 0 Å². The maximum Gasteiger partial charge on any atom is 0.0171 e. The maximum absolute atomic E-state index is 4.07. The summed E-state index contributed by atoms with van der Waals surface area (Å²) in [7, 11) is 2.15. The molecule has 78 valence electrons. The van der Waals surface area contributed by atoms with Gasteiger partial charge in [-0.3, -0.25) is 0 Å². The van der Waals surface area contributed by atoms with Crippen LogP contribution in [0.25, 0.3) is 0 Å². The van der Waals surface area contributed by atoms with Crippen molar-refractivity contribution in [3.63, 3.8) is 0 Å². The van der Waals surface area contributed by atoms with E-state index in [9.17, 15) is 0 Å². The molecule has 0 saturated heterocycles. The Bertz CT molecular complexity index is 138. The van der Waals surface area contributed by atoms with Crippen molar-refractivity contribution in [3.05, 3.63) is 12.3 Å². The summed E-state index contributed by atoms with van der Waals surface area (Å²) in [6, 6.07) is 0. The summed E-state index contributed by atoms with van der Waals surface area (Å²) in [5.74, 6) is 0.827. The molecule has 0 aliphatic carbocycles. The molecule has 0 saturated carbocycles. The number of hydrogen-bond acceptors (Lipinski definition) is 1. The lowest BCUT2D eigenvalue weighted by Crippen LogP contribution is -2.18. The molecule has 0 radical (unpaired) electrons. The molecule has 1 nitrogen and oxygen atoms in total. The Balaban J connectivity index is 3.49. The molecule has 1 heteroatoms. The predicted octanol–water partition coefficient (Wildman–Crippen LogP) is 3.67. The molecule has 13 heavy (non-hydrogen) atoms. The smallest absolute Gasteiger partial charge is 0.0171 e. The highest BCUT2D eigenvalue weighted by atomic mass is 15.1. The fourth-order valence-corrected chi connectivity index (χ4v) is 1.37. The summed E-state index contributed by atoms with van der Waals surface area (Å²) in [6.07, 6.45) is 4.95. The van der Waals surface area contributed by atoms with Crippen LogP contribution in [0.3, 0.4) is 0 Å². The molecular formula is C12H25N. The summed E-state index contributed by atoms with van der Waals surface area (Å²) in [5.41, 5.74) is 1.28. The second-order valence-corrected chi connectivity index (χ2v) is 4.27. The summed E-state index contributed by atoms with van der Waals surface area (Å²) < 4.78 is 0. The van der Waals surface area contributed by atoms with Crippen LogP contribution in [0.4, 0.5) is 0 Å². The van der Waals surface area contributed by atoms with E-state index in [1.165, 1.54) is 25.0 Å². The first-order chi connectivity index (χ1) is 6.07. The van der Waals surface area contributed by atoms with Crippen LogP contribution < -0.4 is 0 Å². The summed E-state index contributed by atoms with van der Waals surface area (Å²) in [6.45, 7) is 12.0. The average Bonchev–Trinajstić information content (AvgIpc) is 2.04. The number of nitrogens with zero attached hydrogens (tertiary/aromatic N) is 1. The normalized spacial score (nSPS) is 10.5. The van der Waals surface area contributed by atoms with Gasteiger partial charge < -0.3 is 4.90 Å². The van der Waals surface area contributed by atoms with Crippen LogP contribution in [0.2, 0.25) is 0 Å². The lowest BCUT2D eigenvalue weighted by atomic mass is 10.1. The molecule has 0 heterocycles. The van der Waals surface area contributed by atoms with Gasteiger partial charge >= 0.3 is 0 Å². The van der Waals surface area contributed by atoms with E-state index in [1.807, 2.05) is 0 Å². The van der Waals surface area contributed by atoms with E-state index in [0.717, 1.165) is 18.9 Å². The van der Waals surface area contributed by atoms with E-state index in [2.05, 4.69) is 39.3 Å². The first kappa shape index (κ1) is 12.5. The molecule has 0 fully saturated rings. The van der Waals surface area contributed by atoms with Crippen LogP contribution in [-0.2, 0) is 0 Å². The van der Waals surface area contributed by atoms with Gasteiger partial charge in [0, 0.05) is 19.3 Å². The van der Waals surface area contributed by atoms with Crippen molar-refractivity contribution in [2.24, 2.45) is 5.92 Å². The molecule has 0 unspecified atom stereocenters. The number of hydrogen-bond donors (Lipinski definition) is 0. The van der Waals surface area contributed by atoms with Crippen molar-refractivity contribution in [1.29, 1.82) is 0 Å². The number of allylic oxidation sites excluding steroid dienone is 1. The first-order valence-electron chi connectivity index (χ1n) is 5.46. The van der Waals surface area contributed by atoms with Crippen molar-refractivity contribution in [1.82, 2.24) is 4.90 Å². The van der Waals surface area contributed by atoms with Gasteiger partial charge in [0.1, 0.15) is 0 Å². The fourth-order valence-electron chi connectivity index (χ4n) is 1.37. The molecule has 0 bridgehead atoms. The lowest BCUT2D eigenvalue weighted by molar-refractivity contribution is 0.374. The van der Waals surface area contributed by atoms with Crippen LogP contribution >= 0.6 is 0 Å². The minimum Gasteiger partial charge on any atom is -0.378 e. The minimum absolute atomic E-state index is 0.827. The SMILES string of the molecule is C=C(CCC)N(C)CCCC(C)C. The van der Waals surface area contributed by atoms with Crippen LogP contribution in [0, 0.1) is 5.92 Å². The Kier molecular flexibility index (Phi) is 6.75. The first-order valence-corrected chi connectivity index (χ1v) is 5.46. The maximum atomic E-state index is 4.07. The summed E-state index contributed by atoms with van der Waals surface area (Å²) in [4.78, 5) is 2.30. The van der Waals surface area contributed by atoms with Crippen LogP contribution in [-0.4, -0.2) is 18.5 Å². The van der Waals surface area contributed by atoms with E-state index in [-0.39, 0.29) is 0 Å². The van der Waals surface area contributed by atoms with E-state index in [0.29, 0.717) is 0 Å². The largest absolute Gasteiger partial charge is 0.378 e. The van der Waals surface area contributed by atoms with Crippen molar-refractivity contribution in [3.8, 4) is 0 Å². The molecule has 0 amide bonds. The second kappa shape index (κ2) is 6.99. The topological polar surface area (TPSA) is 3.24 Å². The molecule has 0 atom stereocenters. The Morgan fingerprint density at radius 1 is 1.38 bits per heavy atom. The predicted molar refractivity (Wildman–Crippen MR) is 60.8 cm³/mol. The van der Waals surface area contributed by atoms with E-state index in [1.54, 1.807) is 0 Å². The van der Waals surface area contributed by atoms with Gasteiger partial charge in [-0.25, -0.2) is 0 Å². The minimum atomic E-state index is 0.827. The van der Waals surface area contributed by atoms with E-state index in [4.69, 9.17) is 0 Å². The monoisotopic (exact) mass is 183 g/mol. The van der Waals surface area contributed by atoms with Crippen LogP contribution in [0.5, 0.6) is 0 Å². The van der Waals surface area contributed by atoms with Crippen molar-refractivity contribution in [2.45, 2.75) is 46.5 Å². The zero-order valence-electron chi connectivity index (χ0n) is 9.77. The third-order valence-corrected chi connectivity index (χ3v) is 2.35. The van der Waals surface area contributed by atoms with Gasteiger partial charge in [-0.2, -0.15) is 0 Å². The second-order valence-electron chi connectivity index (χ2n) is 4.27. The highest BCUT2D eigenvalue weighted by Crippen LogP contribution is 2.10. The van der Waals surface area contributed by atoms with Gasteiger partial charge in [0.15, 0.2) is 0 Å². The van der Waals surface area contributed by atoms with Crippen molar-refractivity contribution in [2.75, 3.05) is 13.6 Å². The van der Waals surface area contributed by atoms with Gasteiger partial charge in [-0.05, 0) is 25.2 Å². The Morgan fingerprint density at radius 2 is 2.00 bits per heavy atom. The molecule has 0 aliphatic rings. The molecule has 0 N–H and O–H groups in total. The number of rotatable bonds is 7. The quantitative estimate of drug-likeness (QED) is 0.582. The molecule has 0 aromatic heterocycles. The summed E-state index contributed by atoms with van der Waals surface area (Å²) in [5, 5.41) is 0. The Morgan fingerprint density at radius 3 is 2.46 bits per heavy atom. The van der Waals surface area contributed by atoms with E-state index >= 15 is 0 Å². The van der Waals surface area contributed by atoms with Crippen LogP contribution in [0.1, 0.15) is 46.5 Å². The van der Waals surface area contributed by atoms with Gasteiger partial charge in [-0.1, -0.05) is 33.8 Å². The molecule has 0 aromatic rings. The lowest BCUT2D eigenvalue weighted by Gasteiger charge is -2.21. The zero-order valence-corrected chi connectivity index (χ0v) is 9.77. The van der Waals surface area contributed by atoms with Crippen molar-refractivity contribution >= 4 is 0 Å². The Labute approximate surface area is 83.8 Å². The highest BCUT2D eigenvalue weighted by molar-refractivity contribution is 4.91. The molecule has 0 spiro atoms. The van der Waals surface area contributed by atoms with Gasteiger partial charge in [0.2, 0.25) is 0 Å². The third kappa shape index (κ3) is 6.68. The average molecular weight is 183 g/mol. The molecular weight excluding hydrogens is 158 g/mol.